The van der Waals surface area contributed by atoms with E-state index in [1.807, 2.05) is 30.3 Å². The van der Waals surface area contributed by atoms with Crippen molar-refractivity contribution in [3.05, 3.63) is 36.9 Å². The lowest BCUT2D eigenvalue weighted by molar-refractivity contribution is 0.302. The molecule has 2 nitrogen and oxygen atoms in total. The topological polar surface area (TPSA) is 21.3 Å². The summed E-state index contributed by atoms with van der Waals surface area (Å²) in [5, 5.41) is 3.30. The van der Waals surface area contributed by atoms with Gasteiger partial charge in [-0.2, -0.15) is 0 Å². The van der Waals surface area contributed by atoms with Gasteiger partial charge in [0.15, 0.2) is 0 Å². The average molecular weight is 161 g/mol. The zero-order valence-electron chi connectivity index (χ0n) is 6.79. The number of hydrogen-bond acceptors (Lipinski definition) is 2. The second kappa shape index (κ2) is 2.89. The maximum atomic E-state index is 5.49. The molecule has 1 heterocycles. The Hall–Kier alpha value is -1.44. The van der Waals surface area contributed by atoms with Gasteiger partial charge in [0, 0.05) is 0 Å². The van der Waals surface area contributed by atoms with Gasteiger partial charge in [-0.3, -0.25) is 0 Å². The molecule has 0 bridgehead atoms. The first-order valence-corrected chi connectivity index (χ1v) is 4.01. The van der Waals surface area contributed by atoms with E-state index < -0.39 is 0 Å². The van der Waals surface area contributed by atoms with Crippen molar-refractivity contribution in [2.45, 2.75) is 6.04 Å². The Balaban J connectivity index is 2.28. The summed E-state index contributed by atoms with van der Waals surface area (Å²) >= 11 is 0. The molecule has 1 aliphatic rings. The van der Waals surface area contributed by atoms with Crippen LogP contribution >= 0.6 is 0 Å². The highest BCUT2D eigenvalue weighted by Gasteiger charge is 2.14. The number of ether oxygens (including phenoxy) is 1. The summed E-state index contributed by atoms with van der Waals surface area (Å²) in [5.74, 6) is 0.926. The second-order valence-corrected chi connectivity index (χ2v) is 2.79. The summed E-state index contributed by atoms with van der Waals surface area (Å²) in [4.78, 5) is 0. The molecule has 2 heteroatoms. The van der Waals surface area contributed by atoms with Gasteiger partial charge in [-0.05, 0) is 12.1 Å². The molecule has 0 amide bonds. The van der Waals surface area contributed by atoms with Crippen molar-refractivity contribution in [2.75, 3.05) is 11.9 Å². The van der Waals surface area contributed by atoms with Crippen LogP contribution in [0.1, 0.15) is 0 Å². The molecule has 12 heavy (non-hydrogen) atoms. The van der Waals surface area contributed by atoms with E-state index in [1.54, 1.807) is 0 Å². The monoisotopic (exact) mass is 161 g/mol. The maximum Gasteiger partial charge on any atom is 0.142 e. The van der Waals surface area contributed by atoms with Crippen molar-refractivity contribution in [1.29, 1.82) is 0 Å². The first kappa shape index (κ1) is 7.22. The third-order valence-electron chi connectivity index (χ3n) is 1.93. The number of para-hydroxylation sites is 2. The van der Waals surface area contributed by atoms with Crippen molar-refractivity contribution < 1.29 is 4.74 Å². The van der Waals surface area contributed by atoms with E-state index in [1.165, 1.54) is 0 Å². The molecule has 1 unspecified atom stereocenters. The number of hydrogen-bond donors (Lipinski definition) is 1. The minimum Gasteiger partial charge on any atom is -0.489 e. The Labute approximate surface area is 71.9 Å². The smallest absolute Gasteiger partial charge is 0.142 e. The Kier molecular flexibility index (Phi) is 1.74. The molecule has 0 aromatic heterocycles. The van der Waals surface area contributed by atoms with Crippen molar-refractivity contribution >= 4 is 5.69 Å². The largest absolute Gasteiger partial charge is 0.489 e. The van der Waals surface area contributed by atoms with Crippen LogP contribution in [0.4, 0.5) is 5.69 Å². The summed E-state index contributed by atoms with van der Waals surface area (Å²) in [6.45, 7) is 4.38. The molecular weight excluding hydrogens is 150 g/mol. The summed E-state index contributed by atoms with van der Waals surface area (Å²) < 4.78 is 5.49. The van der Waals surface area contributed by atoms with Gasteiger partial charge in [0.1, 0.15) is 12.4 Å². The van der Waals surface area contributed by atoms with E-state index in [0.29, 0.717) is 6.61 Å². The molecule has 1 aromatic carbocycles. The van der Waals surface area contributed by atoms with Crippen molar-refractivity contribution in [1.82, 2.24) is 0 Å². The Bertz CT molecular complexity index is 296. The minimum atomic E-state index is 0.236. The summed E-state index contributed by atoms with van der Waals surface area (Å²) in [5.41, 5.74) is 1.05. The molecular formula is C10H11NO. The number of rotatable bonds is 1. The third-order valence-corrected chi connectivity index (χ3v) is 1.93. The molecule has 0 fully saturated rings. The van der Waals surface area contributed by atoms with Crippen LogP contribution in [0.5, 0.6) is 5.75 Å². The molecule has 1 aromatic rings. The predicted octanol–water partition coefficient (Wildman–Crippen LogP) is 2.05. The standard InChI is InChI=1S/C10H11NO/c1-2-8-7-12-10-6-4-3-5-9(10)11-8/h2-6,8,11H,1,7H2. The Morgan fingerprint density at radius 3 is 3.17 bits per heavy atom. The van der Waals surface area contributed by atoms with Crippen molar-refractivity contribution in [3.63, 3.8) is 0 Å². The predicted molar refractivity (Wildman–Crippen MR) is 49.5 cm³/mol. The lowest BCUT2D eigenvalue weighted by atomic mass is 10.2. The van der Waals surface area contributed by atoms with Gasteiger partial charge in [-0.15, -0.1) is 6.58 Å². The Morgan fingerprint density at radius 2 is 2.33 bits per heavy atom. The quantitative estimate of drug-likeness (QED) is 0.636. The van der Waals surface area contributed by atoms with Crippen LogP contribution in [-0.4, -0.2) is 12.6 Å². The van der Waals surface area contributed by atoms with E-state index in [2.05, 4.69) is 11.9 Å². The van der Waals surface area contributed by atoms with Crippen LogP contribution in [0.2, 0.25) is 0 Å². The zero-order chi connectivity index (χ0) is 8.39. The molecule has 1 atom stereocenters. The fraction of sp³-hybridized carbons (Fsp3) is 0.200. The molecule has 0 saturated heterocycles. The van der Waals surface area contributed by atoms with Crippen LogP contribution in [0.25, 0.3) is 0 Å². The molecule has 0 spiro atoms. The second-order valence-electron chi connectivity index (χ2n) is 2.79. The fourth-order valence-corrected chi connectivity index (χ4v) is 1.26. The zero-order valence-corrected chi connectivity index (χ0v) is 6.79. The molecule has 2 rings (SSSR count). The lowest BCUT2D eigenvalue weighted by Gasteiger charge is -2.24. The molecule has 0 radical (unpaired) electrons. The highest BCUT2D eigenvalue weighted by atomic mass is 16.5. The van der Waals surface area contributed by atoms with E-state index in [0.717, 1.165) is 11.4 Å². The number of fused-ring (bicyclic) bond motifs is 1. The normalized spacial score (nSPS) is 20.2. The summed E-state index contributed by atoms with van der Waals surface area (Å²) in [6.07, 6.45) is 1.86. The number of benzene rings is 1. The molecule has 0 aliphatic carbocycles. The first-order valence-electron chi connectivity index (χ1n) is 4.01. The van der Waals surface area contributed by atoms with Gasteiger partial charge in [0.2, 0.25) is 0 Å². The lowest BCUT2D eigenvalue weighted by Crippen LogP contribution is -2.29. The maximum absolute atomic E-state index is 5.49. The molecule has 1 aliphatic heterocycles. The van der Waals surface area contributed by atoms with Gasteiger partial charge in [0.25, 0.3) is 0 Å². The van der Waals surface area contributed by atoms with Gasteiger partial charge < -0.3 is 10.1 Å². The molecule has 0 saturated carbocycles. The van der Waals surface area contributed by atoms with Crippen LogP contribution < -0.4 is 10.1 Å². The van der Waals surface area contributed by atoms with E-state index in [-0.39, 0.29) is 6.04 Å². The first-order chi connectivity index (χ1) is 5.90. The average Bonchev–Trinajstić information content (AvgIpc) is 2.17. The number of nitrogens with one attached hydrogen (secondary N) is 1. The highest BCUT2D eigenvalue weighted by molar-refractivity contribution is 5.58. The van der Waals surface area contributed by atoms with Gasteiger partial charge in [-0.25, -0.2) is 0 Å². The van der Waals surface area contributed by atoms with E-state index in [4.69, 9.17) is 4.74 Å². The van der Waals surface area contributed by atoms with Crippen molar-refractivity contribution in [2.24, 2.45) is 0 Å². The fourth-order valence-electron chi connectivity index (χ4n) is 1.26. The highest BCUT2D eigenvalue weighted by Crippen LogP contribution is 2.27. The van der Waals surface area contributed by atoms with Gasteiger partial charge in [-0.1, -0.05) is 18.2 Å². The molecule has 1 N–H and O–H groups in total. The van der Waals surface area contributed by atoms with Crippen LogP contribution in [-0.2, 0) is 0 Å². The summed E-state index contributed by atoms with van der Waals surface area (Å²) in [6, 6.07) is 8.15. The van der Waals surface area contributed by atoms with Crippen LogP contribution in [0, 0.1) is 0 Å². The van der Waals surface area contributed by atoms with Crippen molar-refractivity contribution in [3.8, 4) is 5.75 Å². The van der Waals surface area contributed by atoms with Crippen LogP contribution in [0.3, 0.4) is 0 Å². The summed E-state index contributed by atoms with van der Waals surface area (Å²) in [7, 11) is 0. The van der Waals surface area contributed by atoms with E-state index in [9.17, 15) is 0 Å². The Morgan fingerprint density at radius 1 is 1.50 bits per heavy atom. The third kappa shape index (κ3) is 1.16. The number of anilines is 1. The molecule has 62 valence electrons. The van der Waals surface area contributed by atoms with Gasteiger partial charge >= 0.3 is 0 Å². The van der Waals surface area contributed by atoms with Gasteiger partial charge in [0.05, 0.1) is 11.7 Å². The van der Waals surface area contributed by atoms with E-state index >= 15 is 0 Å². The van der Waals surface area contributed by atoms with Crippen LogP contribution in [0.15, 0.2) is 36.9 Å². The minimum absolute atomic E-state index is 0.236. The SMILES string of the molecule is C=CC1COc2ccccc2N1.